The van der Waals surface area contributed by atoms with Crippen LogP contribution in [0.25, 0.3) is 0 Å². The fourth-order valence-corrected chi connectivity index (χ4v) is 3.67. The molecular formula is C23H27N5. The summed E-state index contributed by atoms with van der Waals surface area (Å²) in [6.45, 7) is 7.98. The molecule has 28 heavy (non-hydrogen) atoms. The van der Waals surface area contributed by atoms with E-state index in [2.05, 4.69) is 81.2 Å². The molecule has 3 aromatic rings. The first-order valence-corrected chi connectivity index (χ1v) is 10.0. The first kappa shape index (κ1) is 18.4. The number of piperazine rings is 1. The van der Waals surface area contributed by atoms with Crippen molar-refractivity contribution < 1.29 is 0 Å². The molecule has 1 saturated heterocycles. The van der Waals surface area contributed by atoms with Crippen LogP contribution in [0.1, 0.15) is 12.5 Å². The van der Waals surface area contributed by atoms with Crippen molar-refractivity contribution in [3.8, 4) is 0 Å². The lowest BCUT2D eigenvalue weighted by atomic mass is 10.2. The van der Waals surface area contributed by atoms with Crippen molar-refractivity contribution >= 4 is 17.5 Å². The Morgan fingerprint density at radius 3 is 2.21 bits per heavy atom. The van der Waals surface area contributed by atoms with Gasteiger partial charge < -0.3 is 9.80 Å². The van der Waals surface area contributed by atoms with Gasteiger partial charge in [-0.2, -0.15) is 4.98 Å². The third kappa shape index (κ3) is 4.31. The molecule has 1 aliphatic heterocycles. The van der Waals surface area contributed by atoms with Crippen LogP contribution in [0.5, 0.6) is 0 Å². The zero-order valence-electron chi connectivity index (χ0n) is 16.4. The average Bonchev–Trinajstić information content (AvgIpc) is 2.77. The molecule has 2 aromatic carbocycles. The Morgan fingerprint density at radius 2 is 1.54 bits per heavy atom. The van der Waals surface area contributed by atoms with Crippen LogP contribution in [0.3, 0.4) is 0 Å². The van der Waals surface area contributed by atoms with E-state index in [0.717, 1.165) is 56.7 Å². The second-order valence-electron chi connectivity index (χ2n) is 7.04. The summed E-state index contributed by atoms with van der Waals surface area (Å²) in [5.41, 5.74) is 2.53. The van der Waals surface area contributed by atoms with E-state index in [1.165, 1.54) is 5.56 Å². The lowest BCUT2D eigenvalue weighted by Gasteiger charge is -2.35. The van der Waals surface area contributed by atoms with Crippen molar-refractivity contribution in [2.75, 3.05) is 42.5 Å². The smallest absolute Gasteiger partial charge is 0.227 e. The maximum atomic E-state index is 4.88. The first-order valence-electron chi connectivity index (χ1n) is 10.0. The van der Waals surface area contributed by atoms with Gasteiger partial charge in [0.25, 0.3) is 0 Å². The summed E-state index contributed by atoms with van der Waals surface area (Å²) in [6, 6.07) is 23.1. The van der Waals surface area contributed by atoms with E-state index >= 15 is 0 Å². The Balaban J connectivity index is 1.42. The number of nitrogens with zero attached hydrogens (tertiary/aromatic N) is 5. The highest BCUT2D eigenvalue weighted by molar-refractivity contribution is 5.60. The molecule has 0 aliphatic carbocycles. The van der Waals surface area contributed by atoms with Crippen molar-refractivity contribution in [3.63, 3.8) is 0 Å². The second-order valence-corrected chi connectivity index (χ2v) is 7.04. The Bertz CT molecular complexity index is 860. The highest BCUT2D eigenvalue weighted by Gasteiger charge is 2.20. The number of hydrogen-bond acceptors (Lipinski definition) is 5. The van der Waals surface area contributed by atoms with Gasteiger partial charge in [0.1, 0.15) is 5.82 Å². The Labute approximate surface area is 167 Å². The summed E-state index contributed by atoms with van der Waals surface area (Å²) in [4.78, 5) is 16.4. The zero-order valence-corrected chi connectivity index (χ0v) is 16.4. The maximum Gasteiger partial charge on any atom is 0.227 e. The van der Waals surface area contributed by atoms with Crippen LogP contribution in [-0.2, 0) is 6.54 Å². The normalized spacial score (nSPS) is 14.8. The van der Waals surface area contributed by atoms with Crippen molar-refractivity contribution in [3.05, 3.63) is 78.5 Å². The van der Waals surface area contributed by atoms with Crippen LogP contribution < -0.4 is 9.80 Å². The summed E-state index contributed by atoms with van der Waals surface area (Å²) in [6.07, 6.45) is 1.87. The molecule has 0 atom stereocenters. The number of anilines is 3. The fraction of sp³-hybridized carbons (Fsp3) is 0.304. The Hall–Kier alpha value is -2.92. The van der Waals surface area contributed by atoms with Gasteiger partial charge >= 0.3 is 0 Å². The van der Waals surface area contributed by atoms with E-state index in [9.17, 15) is 0 Å². The molecule has 0 amide bonds. The quantitative estimate of drug-likeness (QED) is 0.654. The van der Waals surface area contributed by atoms with Gasteiger partial charge in [-0.05, 0) is 30.7 Å². The lowest BCUT2D eigenvalue weighted by Crippen LogP contribution is -2.46. The predicted molar refractivity (Wildman–Crippen MR) is 115 cm³/mol. The van der Waals surface area contributed by atoms with Gasteiger partial charge in [0.15, 0.2) is 0 Å². The van der Waals surface area contributed by atoms with Crippen molar-refractivity contribution in [1.82, 2.24) is 14.9 Å². The number of benzene rings is 2. The van der Waals surface area contributed by atoms with Crippen molar-refractivity contribution in [1.29, 1.82) is 0 Å². The van der Waals surface area contributed by atoms with Gasteiger partial charge in [0.05, 0.1) is 0 Å². The van der Waals surface area contributed by atoms with Gasteiger partial charge in [-0.3, -0.25) is 4.90 Å². The van der Waals surface area contributed by atoms with E-state index in [0.29, 0.717) is 0 Å². The molecule has 0 saturated carbocycles. The summed E-state index contributed by atoms with van der Waals surface area (Å²) in [5, 5.41) is 0. The third-order valence-electron chi connectivity index (χ3n) is 5.19. The van der Waals surface area contributed by atoms with E-state index in [-0.39, 0.29) is 0 Å². The number of hydrogen-bond donors (Lipinski definition) is 0. The topological polar surface area (TPSA) is 35.5 Å². The van der Waals surface area contributed by atoms with Crippen LogP contribution in [0.15, 0.2) is 72.9 Å². The summed E-state index contributed by atoms with van der Waals surface area (Å²) >= 11 is 0. The summed E-state index contributed by atoms with van der Waals surface area (Å²) in [5.74, 6) is 1.77. The van der Waals surface area contributed by atoms with Crippen molar-refractivity contribution in [2.24, 2.45) is 0 Å². The van der Waals surface area contributed by atoms with Crippen LogP contribution >= 0.6 is 0 Å². The number of rotatable bonds is 6. The SMILES string of the molecule is CCN(c1ccccc1)c1ccnc(N2CCN(Cc3ccccc3)CC2)n1. The average molecular weight is 374 g/mol. The van der Waals surface area contributed by atoms with Gasteiger partial charge in [-0.15, -0.1) is 0 Å². The summed E-state index contributed by atoms with van der Waals surface area (Å²) < 4.78 is 0. The van der Waals surface area contributed by atoms with Gasteiger partial charge in [-0.25, -0.2) is 4.98 Å². The molecule has 5 heteroatoms. The standard InChI is InChI=1S/C23H27N5/c1-2-28(21-11-7-4-8-12-21)22-13-14-24-23(25-22)27-17-15-26(16-18-27)19-20-9-5-3-6-10-20/h3-14H,2,15-19H2,1H3. The van der Waals surface area contributed by atoms with E-state index in [1.807, 2.05) is 18.3 Å². The fourth-order valence-electron chi connectivity index (χ4n) is 3.67. The maximum absolute atomic E-state index is 4.88. The molecule has 5 nitrogen and oxygen atoms in total. The minimum absolute atomic E-state index is 0.825. The number of para-hydroxylation sites is 1. The van der Waals surface area contributed by atoms with E-state index < -0.39 is 0 Å². The van der Waals surface area contributed by atoms with E-state index in [4.69, 9.17) is 4.98 Å². The molecular weight excluding hydrogens is 346 g/mol. The molecule has 2 heterocycles. The van der Waals surface area contributed by atoms with E-state index in [1.54, 1.807) is 0 Å². The van der Waals surface area contributed by atoms with Gasteiger partial charge in [0.2, 0.25) is 5.95 Å². The van der Waals surface area contributed by atoms with Gasteiger partial charge in [0, 0.05) is 51.2 Å². The molecule has 0 N–H and O–H groups in total. The minimum Gasteiger partial charge on any atom is -0.338 e. The van der Waals surface area contributed by atoms with Crippen LogP contribution in [0.4, 0.5) is 17.5 Å². The molecule has 0 spiro atoms. The molecule has 0 unspecified atom stereocenters. The van der Waals surface area contributed by atoms with Crippen LogP contribution in [0, 0.1) is 0 Å². The summed E-state index contributed by atoms with van der Waals surface area (Å²) in [7, 11) is 0. The molecule has 4 rings (SSSR count). The van der Waals surface area contributed by atoms with Gasteiger partial charge in [-0.1, -0.05) is 48.5 Å². The highest BCUT2D eigenvalue weighted by atomic mass is 15.3. The van der Waals surface area contributed by atoms with Crippen LogP contribution in [-0.4, -0.2) is 47.6 Å². The highest BCUT2D eigenvalue weighted by Crippen LogP contribution is 2.24. The zero-order chi connectivity index (χ0) is 19.2. The largest absolute Gasteiger partial charge is 0.338 e. The molecule has 1 aromatic heterocycles. The Kier molecular flexibility index (Phi) is 5.83. The lowest BCUT2D eigenvalue weighted by molar-refractivity contribution is 0.248. The Morgan fingerprint density at radius 1 is 0.857 bits per heavy atom. The third-order valence-corrected chi connectivity index (χ3v) is 5.19. The number of aromatic nitrogens is 2. The minimum atomic E-state index is 0.825. The monoisotopic (exact) mass is 373 g/mol. The molecule has 1 fully saturated rings. The van der Waals surface area contributed by atoms with Crippen molar-refractivity contribution in [2.45, 2.75) is 13.5 Å². The molecule has 0 radical (unpaired) electrons. The first-order chi connectivity index (χ1) is 13.8. The molecule has 1 aliphatic rings. The second kappa shape index (κ2) is 8.85. The molecule has 0 bridgehead atoms. The predicted octanol–water partition coefficient (Wildman–Crippen LogP) is 3.96. The molecule has 144 valence electrons. The van der Waals surface area contributed by atoms with Crippen LogP contribution in [0.2, 0.25) is 0 Å².